The number of likely N-dealkylation sites (tertiary alicyclic amines) is 1. The molecule has 0 aromatic heterocycles. The fourth-order valence-electron chi connectivity index (χ4n) is 5.73. The molecule has 0 bridgehead atoms. The van der Waals surface area contributed by atoms with Gasteiger partial charge in [-0.15, -0.1) is 0 Å². The highest BCUT2D eigenvalue weighted by molar-refractivity contribution is 7.80. The van der Waals surface area contributed by atoms with Gasteiger partial charge in [-0.25, -0.2) is 4.39 Å². The van der Waals surface area contributed by atoms with Crippen LogP contribution in [0.2, 0.25) is 0 Å². The van der Waals surface area contributed by atoms with Gasteiger partial charge in [-0.2, -0.15) is 0 Å². The van der Waals surface area contributed by atoms with Gasteiger partial charge in [0, 0.05) is 36.8 Å². The van der Waals surface area contributed by atoms with Gasteiger partial charge in [-0.1, -0.05) is 101 Å². The molecule has 2 fully saturated rings. The topological polar surface area (TPSA) is 37.4 Å². The second-order valence-electron chi connectivity index (χ2n) is 11.7. The van der Waals surface area contributed by atoms with Crippen LogP contribution in [-0.4, -0.2) is 28.0 Å². The number of thiocarbonyl (C=S) groups is 1. The molecule has 0 spiro atoms. The van der Waals surface area contributed by atoms with E-state index in [0.717, 1.165) is 25.7 Å². The molecule has 0 radical (unpaired) electrons. The SMILES string of the molecule is CCCCCCCC/C=C\CCCCCCCC(=O)C1CCN(C(C(=O)C2CC2)c2ccccc2F)C(=S)C1. The average molecular weight is 556 g/mol. The van der Waals surface area contributed by atoms with Crippen molar-refractivity contribution < 1.29 is 14.0 Å². The van der Waals surface area contributed by atoms with E-state index in [4.69, 9.17) is 12.2 Å². The number of allylic oxidation sites excluding steroid dienone is 2. The summed E-state index contributed by atoms with van der Waals surface area (Å²) in [5.74, 6) is -0.0477. The minimum absolute atomic E-state index is 0.0119. The molecule has 2 unspecified atom stereocenters. The molecular formula is C34H50FNO2S. The highest BCUT2D eigenvalue weighted by atomic mass is 32.1. The lowest BCUT2D eigenvalue weighted by atomic mass is 9.87. The molecule has 1 saturated heterocycles. The summed E-state index contributed by atoms with van der Waals surface area (Å²) in [5.41, 5.74) is 0.412. The van der Waals surface area contributed by atoms with Crippen LogP contribution in [0.4, 0.5) is 4.39 Å². The van der Waals surface area contributed by atoms with Gasteiger partial charge in [0.2, 0.25) is 0 Å². The second-order valence-corrected chi connectivity index (χ2v) is 12.1. The fraction of sp³-hybridized carbons (Fsp3) is 0.676. The number of Topliss-reactive ketones (excluding diaryl/α,β-unsaturated/α-hetero) is 2. The zero-order valence-electron chi connectivity index (χ0n) is 24.2. The number of carbonyl (C=O) groups excluding carboxylic acids is 2. The first-order valence-electron chi connectivity index (χ1n) is 15.8. The van der Waals surface area contributed by atoms with E-state index in [9.17, 15) is 14.0 Å². The predicted octanol–water partition coefficient (Wildman–Crippen LogP) is 9.49. The molecule has 39 heavy (non-hydrogen) atoms. The first-order valence-corrected chi connectivity index (χ1v) is 16.2. The zero-order chi connectivity index (χ0) is 27.9. The molecule has 3 rings (SSSR count). The Labute approximate surface area is 242 Å². The van der Waals surface area contributed by atoms with Gasteiger partial charge >= 0.3 is 0 Å². The maximum Gasteiger partial charge on any atom is 0.162 e. The van der Waals surface area contributed by atoms with Crippen LogP contribution in [0, 0.1) is 17.7 Å². The Hall–Kier alpha value is -1.88. The zero-order valence-corrected chi connectivity index (χ0v) is 25.0. The van der Waals surface area contributed by atoms with Crippen LogP contribution < -0.4 is 0 Å². The number of halogens is 1. The molecule has 5 heteroatoms. The molecule has 1 saturated carbocycles. The lowest BCUT2D eigenvalue weighted by Gasteiger charge is -2.39. The van der Waals surface area contributed by atoms with Crippen LogP contribution in [0.1, 0.15) is 134 Å². The Balaban J connectivity index is 1.29. The molecule has 1 aromatic rings. The summed E-state index contributed by atoms with van der Waals surface area (Å²) in [6.45, 7) is 2.80. The summed E-state index contributed by atoms with van der Waals surface area (Å²) in [5, 5.41) is 0. The Morgan fingerprint density at radius 1 is 0.897 bits per heavy atom. The van der Waals surface area contributed by atoms with Crippen molar-refractivity contribution in [3.05, 3.63) is 47.8 Å². The van der Waals surface area contributed by atoms with E-state index in [-0.39, 0.29) is 23.4 Å². The molecule has 1 aromatic carbocycles. The number of nitrogens with zero attached hydrogens (tertiary/aromatic N) is 1. The van der Waals surface area contributed by atoms with Crippen LogP contribution in [0.3, 0.4) is 0 Å². The van der Waals surface area contributed by atoms with Crippen LogP contribution in [0.15, 0.2) is 36.4 Å². The third-order valence-electron chi connectivity index (χ3n) is 8.36. The van der Waals surface area contributed by atoms with Crippen molar-refractivity contribution in [2.75, 3.05) is 6.54 Å². The van der Waals surface area contributed by atoms with E-state index in [2.05, 4.69) is 19.1 Å². The molecule has 0 amide bonds. The molecule has 1 heterocycles. The standard InChI is InChI=1S/C34H50FNO2S/c1-2-3-4-5-6-7-8-9-10-11-12-13-14-15-16-21-31(37)28-24-25-36(32(39)26-28)33(34(38)27-22-23-27)29-19-17-18-20-30(29)35/h9-10,17-20,27-28,33H,2-8,11-16,21-26H2,1H3/b10-9-. The minimum Gasteiger partial charge on any atom is -0.352 e. The summed E-state index contributed by atoms with van der Waals surface area (Å²) < 4.78 is 14.7. The van der Waals surface area contributed by atoms with E-state index in [1.165, 1.54) is 76.7 Å². The van der Waals surface area contributed by atoms with Crippen molar-refractivity contribution in [1.29, 1.82) is 0 Å². The number of hydrogen-bond acceptors (Lipinski definition) is 3. The molecule has 2 aliphatic rings. The molecular weight excluding hydrogens is 505 g/mol. The summed E-state index contributed by atoms with van der Waals surface area (Å²) in [6.07, 6.45) is 24.5. The van der Waals surface area contributed by atoms with Gasteiger partial charge in [0.25, 0.3) is 0 Å². The third kappa shape index (κ3) is 10.9. The highest BCUT2D eigenvalue weighted by Crippen LogP contribution is 2.39. The van der Waals surface area contributed by atoms with Crippen LogP contribution in [-0.2, 0) is 9.59 Å². The molecule has 1 aliphatic heterocycles. The summed E-state index contributed by atoms with van der Waals surface area (Å²) in [4.78, 5) is 28.6. The van der Waals surface area contributed by atoms with E-state index in [1.54, 1.807) is 18.2 Å². The monoisotopic (exact) mass is 555 g/mol. The van der Waals surface area contributed by atoms with Gasteiger partial charge in [0.15, 0.2) is 5.78 Å². The quantitative estimate of drug-likeness (QED) is 0.0912. The molecule has 1 aliphatic carbocycles. The number of benzene rings is 1. The number of carbonyl (C=O) groups is 2. The first-order chi connectivity index (χ1) is 19.0. The maximum absolute atomic E-state index is 14.7. The van der Waals surface area contributed by atoms with Gasteiger partial charge in [-0.3, -0.25) is 9.59 Å². The van der Waals surface area contributed by atoms with Crippen molar-refractivity contribution >= 4 is 28.8 Å². The number of piperidine rings is 1. The molecule has 0 N–H and O–H groups in total. The number of hydrogen-bond donors (Lipinski definition) is 0. The molecule has 2 atom stereocenters. The van der Waals surface area contributed by atoms with Crippen LogP contribution >= 0.6 is 12.2 Å². The van der Waals surface area contributed by atoms with Crippen molar-refractivity contribution in [1.82, 2.24) is 4.90 Å². The van der Waals surface area contributed by atoms with Gasteiger partial charge in [-0.05, 0) is 57.4 Å². The van der Waals surface area contributed by atoms with E-state index in [0.29, 0.717) is 42.1 Å². The van der Waals surface area contributed by atoms with E-state index < -0.39 is 6.04 Å². The minimum atomic E-state index is -0.660. The first kappa shape index (κ1) is 31.6. The third-order valence-corrected chi connectivity index (χ3v) is 8.76. The molecule has 216 valence electrons. The van der Waals surface area contributed by atoms with Crippen molar-refractivity contribution in [3.8, 4) is 0 Å². The summed E-state index contributed by atoms with van der Waals surface area (Å²) in [7, 11) is 0. The van der Waals surface area contributed by atoms with Crippen LogP contribution in [0.5, 0.6) is 0 Å². The van der Waals surface area contributed by atoms with Crippen molar-refractivity contribution in [3.63, 3.8) is 0 Å². The Kier molecular flexibility index (Phi) is 14.4. The second kappa shape index (κ2) is 17.7. The summed E-state index contributed by atoms with van der Waals surface area (Å²) in [6, 6.07) is 5.88. The van der Waals surface area contributed by atoms with E-state index in [1.807, 2.05) is 4.90 Å². The fourth-order valence-corrected chi connectivity index (χ4v) is 6.13. The Bertz CT molecular complexity index is 941. The summed E-state index contributed by atoms with van der Waals surface area (Å²) >= 11 is 5.71. The molecule has 3 nitrogen and oxygen atoms in total. The smallest absolute Gasteiger partial charge is 0.162 e. The largest absolute Gasteiger partial charge is 0.352 e. The van der Waals surface area contributed by atoms with Gasteiger partial charge < -0.3 is 4.90 Å². The number of rotatable bonds is 20. The van der Waals surface area contributed by atoms with Crippen LogP contribution in [0.25, 0.3) is 0 Å². The van der Waals surface area contributed by atoms with Crippen molar-refractivity contribution in [2.24, 2.45) is 11.8 Å². The number of unbranched alkanes of at least 4 members (excludes halogenated alkanes) is 11. The maximum atomic E-state index is 14.7. The normalized spacial score (nSPS) is 18.6. The Morgan fingerprint density at radius 3 is 2.13 bits per heavy atom. The predicted molar refractivity (Wildman–Crippen MR) is 163 cm³/mol. The highest BCUT2D eigenvalue weighted by Gasteiger charge is 2.42. The van der Waals surface area contributed by atoms with Gasteiger partial charge in [0.05, 0.1) is 4.99 Å². The van der Waals surface area contributed by atoms with Gasteiger partial charge in [0.1, 0.15) is 17.6 Å². The lowest BCUT2D eigenvalue weighted by Crippen LogP contribution is -2.45. The number of ketones is 2. The van der Waals surface area contributed by atoms with Crippen molar-refractivity contribution in [2.45, 2.75) is 129 Å². The lowest BCUT2D eigenvalue weighted by molar-refractivity contribution is -0.125. The average Bonchev–Trinajstić information content (AvgIpc) is 3.78. The Morgan fingerprint density at radius 2 is 1.51 bits per heavy atom. The van der Waals surface area contributed by atoms with E-state index >= 15 is 0 Å².